The van der Waals surface area contributed by atoms with Crippen molar-refractivity contribution in [3.63, 3.8) is 0 Å². The maximum absolute atomic E-state index is 13.0. The van der Waals surface area contributed by atoms with E-state index in [0.717, 1.165) is 61.3 Å². The molecule has 0 aromatic heterocycles. The molecular weight excluding hydrogens is 844 g/mol. The standard InChI is InChI=1S/C41H58O22/c1-17-11-12-27-18(2)36(60-39-41(27)26(17)13-14-40(10,61-39)62-63-41)59-38-35(55-25(9)48)33(53-23(7)46)31(29(57-38)16-50-20(4)43)58-37-34(54-24(8)47)32(52-22(6)45)30(51-21(5)44)28(56-37)15-49-19(3)42/h17-18,26-39H,11-16H2,1-10H3/t17-,18-,26+,27+,28-,29-,30-,31-,32+,33+,34-,35-,36+,37+,38-,39-,40-,41?/m1/s1. The second-order valence-corrected chi connectivity index (χ2v) is 17.1. The lowest BCUT2D eigenvalue weighted by Gasteiger charge is -2.60. The zero-order valence-corrected chi connectivity index (χ0v) is 37.0. The van der Waals surface area contributed by atoms with Gasteiger partial charge < -0.3 is 61.6 Å². The molecule has 7 aliphatic rings. The Bertz CT molecular complexity index is 1740. The number of hydrogen-bond donors (Lipinski definition) is 0. The summed E-state index contributed by atoms with van der Waals surface area (Å²) in [5, 5.41) is 0. The summed E-state index contributed by atoms with van der Waals surface area (Å²) in [6.07, 6.45) is -15.3. The Morgan fingerprint density at radius 1 is 0.508 bits per heavy atom. The third kappa shape index (κ3) is 10.6. The van der Waals surface area contributed by atoms with Crippen LogP contribution in [0.1, 0.15) is 94.9 Å². The largest absolute Gasteiger partial charge is 0.463 e. The highest BCUT2D eigenvalue weighted by atomic mass is 17.3. The van der Waals surface area contributed by atoms with Gasteiger partial charge in [0, 0.05) is 66.7 Å². The van der Waals surface area contributed by atoms with Gasteiger partial charge >= 0.3 is 41.8 Å². The molecule has 22 nitrogen and oxygen atoms in total. The van der Waals surface area contributed by atoms with Gasteiger partial charge in [0.2, 0.25) is 12.1 Å². The van der Waals surface area contributed by atoms with E-state index < -0.39 is 146 Å². The fourth-order valence-electron chi connectivity index (χ4n) is 9.74. The maximum Gasteiger partial charge on any atom is 0.303 e. The topological polar surface area (TPSA) is 258 Å². The third-order valence-electron chi connectivity index (χ3n) is 12.3. The quantitative estimate of drug-likeness (QED) is 0.145. The summed E-state index contributed by atoms with van der Waals surface area (Å²) >= 11 is 0. The van der Waals surface area contributed by atoms with Crippen molar-refractivity contribution in [3.05, 3.63) is 0 Å². The molecule has 18 atom stereocenters. The number of carbonyl (C=O) groups excluding carboxylic acids is 7. The van der Waals surface area contributed by atoms with Gasteiger partial charge in [-0.05, 0) is 38.0 Å². The van der Waals surface area contributed by atoms with Gasteiger partial charge in [-0.25, -0.2) is 9.78 Å². The minimum absolute atomic E-state index is 0.0317. The van der Waals surface area contributed by atoms with Crippen molar-refractivity contribution in [2.45, 2.75) is 180 Å². The lowest BCUT2D eigenvalue weighted by molar-refractivity contribution is -0.579. The third-order valence-corrected chi connectivity index (χ3v) is 12.3. The Morgan fingerprint density at radius 2 is 0.984 bits per heavy atom. The van der Waals surface area contributed by atoms with Gasteiger partial charge in [0.15, 0.2) is 55.0 Å². The van der Waals surface area contributed by atoms with Gasteiger partial charge in [-0.3, -0.25) is 33.6 Å². The number of fused-ring (bicyclic) bond motifs is 2. The lowest BCUT2D eigenvalue weighted by atomic mass is 9.58. The van der Waals surface area contributed by atoms with Crippen LogP contribution in [0.2, 0.25) is 0 Å². The summed E-state index contributed by atoms with van der Waals surface area (Å²) < 4.78 is 77.6. The summed E-state index contributed by atoms with van der Waals surface area (Å²) in [6.45, 7) is 12.2. The average Bonchev–Trinajstić information content (AvgIpc) is 3.41. The number of hydrogen-bond acceptors (Lipinski definition) is 22. The molecule has 1 aliphatic carbocycles. The van der Waals surface area contributed by atoms with Gasteiger partial charge in [0.05, 0.1) is 0 Å². The Balaban J connectivity index is 1.38. The molecule has 1 saturated carbocycles. The zero-order chi connectivity index (χ0) is 46.1. The van der Waals surface area contributed by atoms with Crippen LogP contribution in [0.15, 0.2) is 0 Å². The summed E-state index contributed by atoms with van der Waals surface area (Å²) in [4.78, 5) is 99.8. The molecule has 354 valence electrons. The van der Waals surface area contributed by atoms with Crippen LogP contribution in [0.3, 0.4) is 0 Å². The number of carbonyl (C=O) groups is 7. The van der Waals surface area contributed by atoms with E-state index in [9.17, 15) is 33.6 Å². The molecule has 63 heavy (non-hydrogen) atoms. The van der Waals surface area contributed by atoms with Crippen molar-refractivity contribution in [3.8, 4) is 0 Å². The van der Waals surface area contributed by atoms with Crippen LogP contribution in [0.5, 0.6) is 0 Å². The van der Waals surface area contributed by atoms with E-state index in [2.05, 4.69) is 6.92 Å². The van der Waals surface area contributed by atoms with E-state index in [4.69, 9.17) is 71.4 Å². The molecule has 0 radical (unpaired) electrons. The molecule has 6 heterocycles. The van der Waals surface area contributed by atoms with Crippen LogP contribution in [-0.4, -0.2) is 140 Å². The monoisotopic (exact) mass is 902 g/mol. The Kier molecular flexibility index (Phi) is 15.1. The second kappa shape index (κ2) is 19.6. The lowest BCUT2D eigenvalue weighted by Crippen LogP contribution is -2.71. The van der Waals surface area contributed by atoms with Gasteiger partial charge in [-0.2, -0.15) is 0 Å². The fourth-order valence-corrected chi connectivity index (χ4v) is 9.74. The highest BCUT2D eigenvalue weighted by Gasteiger charge is 2.70. The SMILES string of the molecule is CC(=O)OC[C@H]1O[C@@H](O[C@H]2[C@H](OC(C)=O)[C@@H](OC(C)=O)[C@@H](O[C@H]3O[C@@H]4O[C@@]5(C)CC[C@H]6[C@H](C)CC[C@@H]([C@H]3C)C46OO5)O[C@@H]2COC(C)=O)[C@H](OC(C)=O)[C@@H](OC(C)=O)[C@@H]1OC(C)=O. The molecule has 6 aliphatic heterocycles. The molecule has 0 amide bonds. The number of esters is 7. The summed E-state index contributed by atoms with van der Waals surface area (Å²) in [7, 11) is 0. The average molecular weight is 903 g/mol. The van der Waals surface area contributed by atoms with E-state index in [1.54, 1.807) is 6.92 Å². The molecule has 1 spiro atoms. The van der Waals surface area contributed by atoms with Crippen LogP contribution in [0.4, 0.5) is 0 Å². The molecule has 0 aromatic carbocycles. The summed E-state index contributed by atoms with van der Waals surface area (Å²) in [6, 6.07) is 0. The minimum Gasteiger partial charge on any atom is -0.463 e. The van der Waals surface area contributed by atoms with Crippen molar-refractivity contribution in [1.82, 2.24) is 0 Å². The van der Waals surface area contributed by atoms with Crippen LogP contribution >= 0.6 is 0 Å². The van der Waals surface area contributed by atoms with E-state index in [0.29, 0.717) is 12.8 Å². The molecule has 7 fully saturated rings. The molecule has 2 bridgehead atoms. The Morgan fingerprint density at radius 3 is 1.51 bits per heavy atom. The molecule has 0 N–H and O–H groups in total. The van der Waals surface area contributed by atoms with Crippen LogP contribution < -0.4 is 0 Å². The highest BCUT2D eigenvalue weighted by Crippen LogP contribution is 2.61. The van der Waals surface area contributed by atoms with Crippen molar-refractivity contribution in [1.29, 1.82) is 0 Å². The normalized spacial score (nSPS) is 41.7. The molecule has 1 unspecified atom stereocenters. The Labute approximate surface area is 363 Å². The predicted molar refractivity (Wildman–Crippen MR) is 201 cm³/mol. The molecular formula is C41H58O22. The van der Waals surface area contributed by atoms with Crippen molar-refractivity contribution >= 4 is 41.8 Å². The van der Waals surface area contributed by atoms with E-state index in [1.807, 2.05) is 6.92 Å². The van der Waals surface area contributed by atoms with Crippen LogP contribution in [0, 0.1) is 23.7 Å². The van der Waals surface area contributed by atoms with Crippen LogP contribution in [-0.2, 0) is 105 Å². The first-order valence-electron chi connectivity index (χ1n) is 21.1. The van der Waals surface area contributed by atoms with Crippen molar-refractivity contribution < 1.29 is 105 Å². The van der Waals surface area contributed by atoms with Gasteiger partial charge in [0.1, 0.15) is 31.5 Å². The molecule has 22 heteroatoms. The van der Waals surface area contributed by atoms with Crippen molar-refractivity contribution in [2.75, 3.05) is 13.2 Å². The Hall–Kier alpha value is -4.03. The zero-order valence-electron chi connectivity index (χ0n) is 37.0. The van der Waals surface area contributed by atoms with Crippen LogP contribution in [0.25, 0.3) is 0 Å². The number of ether oxygens (including phenoxy) is 13. The molecule has 6 saturated heterocycles. The van der Waals surface area contributed by atoms with Crippen molar-refractivity contribution in [2.24, 2.45) is 23.7 Å². The number of rotatable bonds is 13. The summed E-state index contributed by atoms with van der Waals surface area (Å²) in [5.41, 5.74) is -0.961. The van der Waals surface area contributed by atoms with E-state index >= 15 is 0 Å². The molecule has 7 rings (SSSR count). The first-order valence-corrected chi connectivity index (χ1v) is 21.1. The van der Waals surface area contributed by atoms with E-state index in [1.165, 1.54) is 0 Å². The fraction of sp³-hybridized carbons (Fsp3) is 0.829. The van der Waals surface area contributed by atoms with Gasteiger partial charge in [-0.15, -0.1) is 0 Å². The second-order valence-electron chi connectivity index (χ2n) is 17.1. The van der Waals surface area contributed by atoms with E-state index in [-0.39, 0.29) is 17.8 Å². The smallest absolute Gasteiger partial charge is 0.303 e. The minimum atomic E-state index is -1.83. The molecule has 0 aromatic rings. The highest BCUT2D eigenvalue weighted by molar-refractivity contribution is 5.69. The maximum atomic E-state index is 13.0. The summed E-state index contributed by atoms with van der Waals surface area (Å²) in [5.74, 6) is -7.38. The van der Waals surface area contributed by atoms with Gasteiger partial charge in [-0.1, -0.05) is 13.8 Å². The van der Waals surface area contributed by atoms with Gasteiger partial charge in [0.25, 0.3) is 0 Å². The first kappa shape index (κ1) is 48.4. The predicted octanol–water partition coefficient (Wildman–Crippen LogP) is 1.83. The first-order chi connectivity index (χ1) is 29.6.